The van der Waals surface area contributed by atoms with Gasteiger partial charge in [0.05, 0.1) is 19.1 Å². The molecular formula is C16H22N2O2. The molecule has 0 bridgehead atoms. The predicted octanol–water partition coefficient (Wildman–Crippen LogP) is 2.81. The lowest BCUT2D eigenvalue weighted by molar-refractivity contribution is 0.0700. The van der Waals surface area contributed by atoms with Crippen LogP contribution in [0.25, 0.3) is 0 Å². The van der Waals surface area contributed by atoms with E-state index in [-0.39, 0.29) is 5.91 Å². The van der Waals surface area contributed by atoms with Crippen LogP contribution in [-0.4, -0.2) is 37.6 Å². The molecule has 0 radical (unpaired) electrons. The molecule has 0 spiro atoms. The van der Waals surface area contributed by atoms with Gasteiger partial charge >= 0.3 is 0 Å². The summed E-state index contributed by atoms with van der Waals surface area (Å²) >= 11 is 0. The number of methoxy groups -OCH3 is 1. The average molecular weight is 274 g/mol. The molecule has 1 rings (SSSR count). The number of hydrogen-bond donors (Lipinski definition) is 0. The van der Waals surface area contributed by atoms with Crippen molar-refractivity contribution in [1.29, 1.82) is 5.26 Å². The van der Waals surface area contributed by atoms with E-state index in [0.29, 0.717) is 37.6 Å². The maximum Gasteiger partial charge on any atom is 0.253 e. The number of ether oxygens (including phenoxy) is 1. The predicted molar refractivity (Wildman–Crippen MR) is 78.5 cm³/mol. The molecule has 0 fully saturated rings. The molecule has 0 aliphatic heterocycles. The maximum absolute atomic E-state index is 12.4. The lowest BCUT2D eigenvalue weighted by Gasteiger charge is -2.21. The minimum absolute atomic E-state index is 0.0485. The van der Waals surface area contributed by atoms with Gasteiger partial charge < -0.3 is 9.64 Å². The minimum atomic E-state index is -0.0485. The van der Waals surface area contributed by atoms with Gasteiger partial charge in [0.25, 0.3) is 5.91 Å². The molecule has 4 heteroatoms. The minimum Gasteiger partial charge on any atom is -0.383 e. The standard InChI is InChI=1S/C16H22N2O2/c1-13(2)14-5-7-15(8-6-14)16(19)18(10-4-9-17)11-12-20-3/h5-8,13H,4,10-12H2,1-3H3. The van der Waals surface area contributed by atoms with Crippen molar-refractivity contribution < 1.29 is 9.53 Å². The Morgan fingerprint density at radius 2 is 1.95 bits per heavy atom. The summed E-state index contributed by atoms with van der Waals surface area (Å²) in [6.45, 7) is 5.65. The Morgan fingerprint density at radius 1 is 1.30 bits per heavy atom. The topological polar surface area (TPSA) is 53.3 Å². The summed E-state index contributed by atoms with van der Waals surface area (Å²) in [6, 6.07) is 9.74. The van der Waals surface area contributed by atoms with Gasteiger partial charge in [-0.15, -0.1) is 0 Å². The average Bonchev–Trinajstić information content (AvgIpc) is 2.47. The van der Waals surface area contributed by atoms with E-state index >= 15 is 0 Å². The fourth-order valence-corrected chi connectivity index (χ4v) is 1.89. The first kappa shape index (κ1) is 16.2. The highest BCUT2D eigenvalue weighted by Gasteiger charge is 2.15. The number of carbonyl (C=O) groups is 1. The van der Waals surface area contributed by atoms with Crippen molar-refractivity contribution in [3.05, 3.63) is 35.4 Å². The largest absolute Gasteiger partial charge is 0.383 e. The van der Waals surface area contributed by atoms with Crippen molar-refractivity contribution in [2.75, 3.05) is 26.8 Å². The number of nitriles is 1. The molecule has 0 heterocycles. The van der Waals surface area contributed by atoms with Crippen LogP contribution < -0.4 is 0 Å². The van der Waals surface area contributed by atoms with Gasteiger partial charge in [-0.05, 0) is 23.6 Å². The van der Waals surface area contributed by atoms with Crippen LogP contribution in [0.2, 0.25) is 0 Å². The van der Waals surface area contributed by atoms with E-state index < -0.39 is 0 Å². The molecule has 20 heavy (non-hydrogen) atoms. The van der Waals surface area contributed by atoms with E-state index in [1.807, 2.05) is 24.3 Å². The molecule has 4 nitrogen and oxygen atoms in total. The van der Waals surface area contributed by atoms with Gasteiger partial charge in [-0.2, -0.15) is 5.26 Å². The van der Waals surface area contributed by atoms with Gasteiger partial charge in [-0.3, -0.25) is 4.79 Å². The molecular weight excluding hydrogens is 252 g/mol. The molecule has 0 aliphatic carbocycles. The maximum atomic E-state index is 12.4. The van der Waals surface area contributed by atoms with E-state index in [0.717, 1.165) is 0 Å². The first-order chi connectivity index (χ1) is 9.60. The Kier molecular flexibility index (Phi) is 6.75. The summed E-state index contributed by atoms with van der Waals surface area (Å²) < 4.78 is 5.01. The second-order valence-electron chi connectivity index (χ2n) is 4.97. The summed E-state index contributed by atoms with van der Waals surface area (Å²) in [4.78, 5) is 14.1. The monoisotopic (exact) mass is 274 g/mol. The number of carbonyl (C=O) groups excluding carboxylic acids is 1. The van der Waals surface area contributed by atoms with Crippen LogP contribution in [0.3, 0.4) is 0 Å². The highest BCUT2D eigenvalue weighted by molar-refractivity contribution is 5.94. The Labute approximate surface area is 121 Å². The van der Waals surface area contributed by atoms with Gasteiger partial charge in [0.1, 0.15) is 0 Å². The van der Waals surface area contributed by atoms with E-state index in [1.54, 1.807) is 12.0 Å². The van der Waals surface area contributed by atoms with E-state index in [1.165, 1.54) is 5.56 Å². The lowest BCUT2D eigenvalue weighted by atomic mass is 10.0. The summed E-state index contributed by atoms with van der Waals surface area (Å²) in [5.74, 6) is 0.398. The number of amides is 1. The summed E-state index contributed by atoms with van der Waals surface area (Å²) in [5, 5.41) is 8.67. The number of rotatable bonds is 7. The quantitative estimate of drug-likeness (QED) is 0.768. The fraction of sp³-hybridized carbons (Fsp3) is 0.500. The third-order valence-corrected chi connectivity index (χ3v) is 3.17. The van der Waals surface area contributed by atoms with Crippen molar-refractivity contribution in [3.63, 3.8) is 0 Å². The number of hydrogen-bond acceptors (Lipinski definition) is 3. The van der Waals surface area contributed by atoms with E-state index in [4.69, 9.17) is 10.00 Å². The van der Waals surface area contributed by atoms with Crippen LogP contribution in [0.4, 0.5) is 0 Å². The number of nitrogens with zero attached hydrogens (tertiary/aromatic N) is 2. The Bertz CT molecular complexity index is 460. The first-order valence-corrected chi connectivity index (χ1v) is 6.85. The zero-order chi connectivity index (χ0) is 15.0. The zero-order valence-electron chi connectivity index (χ0n) is 12.4. The molecule has 0 saturated heterocycles. The van der Waals surface area contributed by atoms with Gasteiger partial charge in [-0.1, -0.05) is 26.0 Å². The second kappa shape index (κ2) is 8.34. The summed E-state index contributed by atoms with van der Waals surface area (Å²) in [6.07, 6.45) is 0.333. The van der Waals surface area contributed by atoms with Crippen LogP contribution in [0, 0.1) is 11.3 Å². The lowest BCUT2D eigenvalue weighted by Crippen LogP contribution is -2.34. The summed E-state index contributed by atoms with van der Waals surface area (Å²) in [5.41, 5.74) is 1.87. The van der Waals surface area contributed by atoms with E-state index in [9.17, 15) is 4.79 Å². The Hall–Kier alpha value is -1.86. The molecule has 1 amide bonds. The SMILES string of the molecule is COCCN(CCC#N)C(=O)c1ccc(C(C)C)cc1. The van der Waals surface area contributed by atoms with Gasteiger partial charge in [0.15, 0.2) is 0 Å². The van der Waals surface area contributed by atoms with Crippen molar-refractivity contribution in [2.24, 2.45) is 0 Å². The third-order valence-electron chi connectivity index (χ3n) is 3.17. The van der Waals surface area contributed by atoms with Gasteiger partial charge in [0, 0.05) is 25.8 Å². The van der Waals surface area contributed by atoms with Crippen LogP contribution in [-0.2, 0) is 4.74 Å². The highest BCUT2D eigenvalue weighted by Crippen LogP contribution is 2.15. The second-order valence-corrected chi connectivity index (χ2v) is 4.97. The zero-order valence-corrected chi connectivity index (χ0v) is 12.4. The van der Waals surface area contributed by atoms with Crippen LogP contribution in [0.15, 0.2) is 24.3 Å². The highest BCUT2D eigenvalue weighted by atomic mass is 16.5. The normalized spacial score (nSPS) is 10.3. The smallest absolute Gasteiger partial charge is 0.253 e. The Morgan fingerprint density at radius 3 is 2.45 bits per heavy atom. The van der Waals surface area contributed by atoms with Crippen LogP contribution in [0.1, 0.15) is 42.1 Å². The molecule has 1 aromatic carbocycles. The molecule has 1 aromatic rings. The van der Waals surface area contributed by atoms with Crippen molar-refractivity contribution >= 4 is 5.91 Å². The molecule has 0 aromatic heterocycles. The fourth-order valence-electron chi connectivity index (χ4n) is 1.89. The van der Waals surface area contributed by atoms with Crippen molar-refractivity contribution in [1.82, 2.24) is 4.90 Å². The molecule has 0 aliphatic rings. The van der Waals surface area contributed by atoms with Crippen molar-refractivity contribution in [3.8, 4) is 6.07 Å². The number of benzene rings is 1. The van der Waals surface area contributed by atoms with Crippen molar-refractivity contribution in [2.45, 2.75) is 26.2 Å². The first-order valence-electron chi connectivity index (χ1n) is 6.85. The van der Waals surface area contributed by atoms with Crippen LogP contribution >= 0.6 is 0 Å². The van der Waals surface area contributed by atoms with Crippen LogP contribution in [0.5, 0.6) is 0 Å². The molecule has 0 saturated carbocycles. The molecule has 0 N–H and O–H groups in total. The molecule has 0 unspecified atom stereocenters. The Balaban J connectivity index is 2.79. The summed E-state index contributed by atoms with van der Waals surface area (Å²) in [7, 11) is 1.60. The van der Waals surface area contributed by atoms with E-state index in [2.05, 4.69) is 19.9 Å². The molecule has 108 valence electrons. The molecule has 0 atom stereocenters. The van der Waals surface area contributed by atoms with Gasteiger partial charge in [-0.25, -0.2) is 0 Å². The van der Waals surface area contributed by atoms with Gasteiger partial charge in [0.2, 0.25) is 0 Å². The third kappa shape index (κ3) is 4.67.